The summed E-state index contributed by atoms with van der Waals surface area (Å²) in [5.74, 6) is 0.0704. The van der Waals surface area contributed by atoms with Crippen molar-refractivity contribution >= 4 is 11.5 Å². The molecule has 70 valence electrons. The van der Waals surface area contributed by atoms with E-state index in [0.29, 0.717) is 24.2 Å². The van der Waals surface area contributed by atoms with Crippen molar-refractivity contribution in [3.05, 3.63) is 29.3 Å². The van der Waals surface area contributed by atoms with E-state index in [1.54, 1.807) is 12.1 Å². The second-order valence-electron chi connectivity index (χ2n) is 2.90. The third-order valence-electron chi connectivity index (χ3n) is 1.97. The van der Waals surface area contributed by atoms with Gasteiger partial charge in [-0.3, -0.25) is 4.79 Å². The van der Waals surface area contributed by atoms with Gasteiger partial charge in [0.05, 0.1) is 0 Å². The summed E-state index contributed by atoms with van der Waals surface area (Å²) >= 11 is 0. The average Bonchev–Trinajstić information content (AvgIpc) is 2.16. The lowest BCUT2D eigenvalue weighted by molar-refractivity contribution is 0.0989. The van der Waals surface area contributed by atoms with Crippen molar-refractivity contribution in [1.29, 1.82) is 0 Å². The first kappa shape index (κ1) is 9.74. The van der Waals surface area contributed by atoms with E-state index in [9.17, 15) is 4.79 Å². The van der Waals surface area contributed by atoms with Crippen LogP contribution in [0.15, 0.2) is 18.2 Å². The van der Waals surface area contributed by atoms with Gasteiger partial charge in [0.2, 0.25) is 0 Å². The number of hydrogen-bond donors (Lipinski definition) is 2. The Morgan fingerprint density at radius 3 is 2.62 bits per heavy atom. The molecule has 0 heterocycles. The number of nitrogens with two attached hydrogens (primary N) is 2. The van der Waals surface area contributed by atoms with Crippen LogP contribution < -0.4 is 11.5 Å². The minimum atomic E-state index is 0.0704. The lowest BCUT2D eigenvalue weighted by atomic mass is 10.0. The molecule has 13 heavy (non-hydrogen) atoms. The van der Waals surface area contributed by atoms with Crippen molar-refractivity contribution in [3.8, 4) is 0 Å². The molecule has 1 aromatic rings. The number of carbonyl (C=O) groups excluding carboxylic acids is 1. The van der Waals surface area contributed by atoms with Gasteiger partial charge in [-0.25, -0.2) is 0 Å². The van der Waals surface area contributed by atoms with E-state index in [1.165, 1.54) is 0 Å². The Balaban J connectivity index is 3.05. The summed E-state index contributed by atoms with van der Waals surface area (Å²) in [4.78, 5) is 11.3. The number of benzene rings is 1. The fourth-order valence-corrected chi connectivity index (χ4v) is 1.18. The van der Waals surface area contributed by atoms with Crippen LogP contribution in [0.2, 0.25) is 0 Å². The van der Waals surface area contributed by atoms with Crippen LogP contribution >= 0.6 is 0 Å². The second-order valence-corrected chi connectivity index (χ2v) is 2.90. The summed E-state index contributed by atoms with van der Waals surface area (Å²) in [6.07, 6.45) is 0.478. The lowest BCUT2D eigenvalue weighted by Gasteiger charge is -2.04. The first-order valence-corrected chi connectivity index (χ1v) is 4.30. The quantitative estimate of drug-likeness (QED) is 0.541. The first-order chi connectivity index (χ1) is 6.19. The van der Waals surface area contributed by atoms with Crippen molar-refractivity contribution in [2.24, 2.45) is 5.73 Å². The summed E-state index contributed by atoms with van der Waals surface area (Å²) in [7, 11) is 0. The van der Waals surface area contributed by atoms with Crippen LogP contribution in [0.4, 0.5) is 5.69 Å². The molecule has 1 aromatic carbocycles. The van der Waals surface area contributed by atoms with Gasteiger partial charge in [-0.1, -0.05) is 13.0 Å². The van der Waals surface area contributed by atoms with Gasteiger partial charge >= 0.3 is 0 Å². The predicted octanol–water partition coefficient (Wildman–Crippen LogP) is 1.32. The SMILES string of the molecule is CCC(=O)c1ccc(CN)cc1N. The van der Waals surface area contributed by atoms with Gasteiger partial charge in [-0.15, -0.1) is 0 Å². The van der Waals surface area contributed by atoms with Gasteiger partial charge in [-0.2, -0.15) is 0 Å². The maximum atomic E-state index is 11.3. The van der Waals surface area contributed by atoms with E-state index < -0.39 is 0 Å². The molecule has 0 saturated carbocycles. The molecule has 1 rings (SSSR count). The van der Waals surface area contributed by atoms with Crippen LogP contribution in [0.3, 0.4) is 0 Å². The standard InChI is InChI=1S/C10H14N2O/c1-2-10(13)8-4-3-7(6-11)5-9(8)12/h3-5H,2,6,11-12H2,1H3. The van der Waals surface area contributed by atoms with Gasteiger partial charge in [-0.05, 0) is 17.7 Å². The highest BCUT2D eigenvalue weighted by Crippen LogP contribution is 2.15. The number of hydrogen-bond acceptors (Lipinski definition) is 3. The number of anilines is 1. The van der Waals surface area contributed by atoms with Crippen LogP contribution in [0.5, 0.6) is 0 Å². The highest BCUT2D eigenvalue weighted by Gasteiger charge is 2.06. The third kappa shape index (κ3) is 2.06. The summed E-state index contributed by atoms with van der Waals surface area (Å²) in [5, 5.41) is 0. The molecule has 0 saturated heterocycles. The van der Waals surface area contributed by atoms with E-state index in [0.717, 1.165) is 5.56 Å². The van der Waals surface area contributed by atoms with Gasteiger partial charge in [0, 0.05) is 24.2 Å². The Labute approximate surface area is 77.7 Å². The highest BCUT2D eigenvalue weighted by atomic mass is 16.1. The van der Waals surface area contributed by atoms with Crippen molar-refractivity contribution in [1.82, 2.24) is 0 Å². The van der Waals surface area contributed by atoms with Crippen LogP contribution in [0, 0.1) is 0 Å². The Hall–Kier alpha value is -1.35. The minimum Gasteiger partial charge on any atom is -0.398 e. The van der Waals surface area contributed by atoms with Gasteiger partial charge in [0.1, 0.15) is 0 Å². The van der Waals surface area contributed by atoms with E-state index in [4.69, 9.17) is 11.5 Å². The zero-order valence-corrected chi connectivity index (χ0v) is 7.71. The van der Waals surface area contributed by atoms with Crippen LogP contribution in [0.1, 0.15) is 29.3 Å². The normalized spacial score (nSPS) is 10.0. The van der Waals surface area contributed by atoms with E-state index in [-0.39, 0.29) is 5.78 Å². The number of nitrogen functional groups attached to an aromatic ring is 1. The zero-order valence-electron chi connectivity index (χ0n) is 7.71. The molecule has 0 aliphatic carbocycles. The molecule has 4 N–H and O–H groups in total. The molecular formula is C10H14N2O. The van der Waals surface area contributed by atoms with Gasteiger partial charge in [0.15, 0.2) is 5.78 Å². The molecule has 0 amide bonds. The molecule has 0 atom stereocenters. The number of carbonyl (C=O) groups is 1. The zero-order chi connectivity index (χ0) is 9.84. The van der Waals surface area contributed by atoms with Gasteiger partial charge in [0.25, 0.3) is 0 Å². The molecular weight excluding hydrogens is 164 g/mol. The molecule has 0 aromatic heterocycles. The molecule has 3 heteroatoms. The molecule has 0 unspecified atom stereocenters. The second kappa shape index (κ2) is 4.05. The van der Waals surface area contributed by atoms with E-state index in [2.05, 4.69) is 0 Å². The lowest BCUT2D eigenvalue weighted by Crippen LogP contribution is -2.04. The highest BCUT2D eigenvalue weighted by molar-refractivity contribution is 6.00. The fraction of sp³-hybridized carbons (Fsp3) is 0.300. The third-order valence-corrected chi connectivity index (χ3v) is 1.97. The van der Waals surface area contributed by atoms with Crippen molar-refractivity contribution < 1.29 is 4.79 Å². The molecule has 0 bridgehead atoms. The monoisotopic (exact) mass is 178 g/mol. The van der Waals surface area contributed by atoms with Crippen LogP contribution in [-0.2, 0) is 6.54 Å². The number of Topliss-reactive ketones (excluding diaryl/α,β-unsaturated/α-hetero) is 1. The Bertz CT molecular complexity index is 321. The maximum Gasteiger partial charge on any atom is 0.164 e. The topological polar surface area (TPSA) is 69.1 Å². The van der Waals surface area contributed by atoms with Crippen LogP contribution in [-0.4, -0.2) is 5.78 Å². The number of rotatable bonds is 3. The number of ketones is 1. The van der Waals surface area contributed by atoms with E-state index >= 15 is 0 Å². The molecule has 3 nitrogen and oxygen atoms in total. The first-order valence-electron chi connectivity index (χ1n) is 4.30. The van der Waals surface area contributed by atoms with Crippen molar-refractivity contribution in [2.75, 3.05) is 5.73 Å². The molecule has 0 spiro atoms. The smallest absolute Gasteiger partial charge is 0.164 e. The molecule has 0 aliphatic rings. The maximum absolute atomic E-state index is 11.3. The Morgan fingerprint density at radius 1 is 1.46 bits per heavy atom. The van der Waals surface area contributed by atoms with Crippen molar-refractivity contribution in [3.63, 3.8) is 0 Å². The summed E-state index contributed by atoms with van der Waals surface area (Å²) in [6.45, 7) is 2.27. The Morgan fingerprint density at radius 2 is 2.15 bits per heavy atom. The summed E-state index contributed by atoms with van der Waals surface area (Å²) < 4.78 is 0. The largest absolute Gasteiger partial charge is 0.398 e. The van der Waals surface area contributed by atoms with Crippen LogP contribution in [0.25, 0.3) is 0 Å². The minimum absolute atomic E-state index is 0.0704. The van der Waals surface area contributed by atoms with E-state index in [1.807, 2.05) is 13.0 Å². The van der Waals surface area contributed by atoms with Crippen molar-refractivity contribution in [2.45, 2.75) is 19.9 Å². The molecule has 0 radical (unpaired) electrons. The summed E-state index contributed by atoms with van der Waals surface area (Å²) in [6, 6.07) is 5.32. The van der Waals surface area contributed by atoms with Gasteiger partial charge < -0.3 is 11.5 Å². The summed E-state index contributed by atoms with van der Waals surface area (Å²) in [5.41, 5.74) is 13.2. The Kier molecular flexibility index (Phi) is 3.03. The predicted molar refractivity (Wildman–Crippen MR) is 53.4 cm³/mol. The molecule has 0 aliphatic heterocycles. The molecule has 0 fully saturated rings. The average molecular weight is 178 g/mol. The fourth-order valence-electron chi connectivity index (χ4n) is 1.18.